The first kappa shape index (κ1) is 16.4. The van der Waals surface area contributed by atoms with Crippen LogP contribution in [0.5, 0.6) is 0 Å². The second kappa shape index (κ2) is 7.91. The Kier molecular flexibility index (Phi) is 5.00. The summed E-state index contributed by atoms with van der Waals surface area (Å²) in [4.78, 5) is 0. The fourth-order valence-electron chi connectivity index (χ4n) is 3.12. The number of para-hydroxylation sites is 2. The molecule has 0 atom stereocenters. The molecule has 0 aliphatic carbocycles. The lowest BCUT2D eigenvalue weighted by molar-refractivity contribution is 0.573. The molecule has 0 radical (unpaired) electrons. The molecular weight excluding hydrogens is 324 g/mol. The SMILES string of the molecule is C(=C\CCCn1nnc2ccccc21)/CCCn1nnc2ccccc21. The molecule has 2 heterocycles. The summed E-state index contributed by atoms with van der Waals surface area (Å²) < 4.78 is 3.97. The Labute approximate surface area is 152 Å². The zero-order valence-electron chi connectivity index (χ0n) is 14.7. The molecule has 0 bridgehead atoms. The quantitative estimate of drug-likeness (QED) is 0.357. The van der Waals surface area contributed by atoms with E-state index in [2.05, 4.69) is 44.9 Å². The van der Waals surface area contributed by atoms with E-state index in [0.29, 0.717) is 0 Å². The molecule has 4 rings (SSSR count). The Morgan fingerprint density at radius 1 is 0.654 bits per heavy atom. The van der Waals surface area contributed by atoms with E-state index in [1.165, 1.54) is 0 Å². The van der Waals surface area contributed by atoms with Crippen LogP contribution in [0, 0.1) is 0 Å². The molecule has 0 saturated heterocycles. The standard InChI is InChI=1S/C20H22N6/c1(3-9-15-25-19-13-7-5-11-17(19)21-23-25)2-4-10-16-26-20-14-8-6-12-18(20)22-24-26/h1-2,5-8,11-14H,3-4,9-10,15-16H2/b2-1+. The molecule has 2 aromatic carbocycles. The fourth-order valence-corrected chi connectivity index (χ4v) is 3.12. The Bertz CT molecular complexity index is 931. The van der Waals surface area contributed by atoms with Gasteiger partial charge < -0.3 is 0 Å². The Hall–Kier alpha value is -3.02. The molecule has 6 nitrogen and oxygen atoms in total. The van der Waals surface area contributed by atoms with Gasteiger partial charge in [0.05, 0.1) is 11.0 Å². The molecule has 0 aliphatic heterocycles. The number of allylic oxidation sites excluding steroid dienone is 2. The number of rotatable bonds is 8. The molecule has 4 aromatic rings. The number of aromatic nitrogens is 6. The number of benzene rings is 2. The maximum Gasteiger partial charge on any atom is 0.113 e. The van der Waals surface area contributed by atoms with Crippen molar-refractivity contribution in [2.24, 2.45) is 0 Å². The topological polar surface area (TPSA) is 61.4 Å². The third-order valence-corrected chi connectivity index (χ3v) is 4.49. The maximum absolute atomic E-state index is 4.22. The van der Waals surface area contributed by atoms with Crippen molar-refractivity contribution in [1.29, 1.82) is 0 Å². The average Bonchev–Trinajstić information content (AvgIpc) is 3.28. The Morgan fingerprint density at radius 3 is 1.62 bits per heavy atom. The summed E-state index contributed by atoms with van der Waals surface area (Å²) in [5, 5.41) is 16.8. The average molecular weight is 346 g/mol. The van der Waals surface area contributed by atoms with Crippen LogP contribution >= 0.6 is 0 Å². The summed E-state index contributed by atoms with van der Waals surface area (Å²) in [6.07, 6.45) is 8.77. The van der Waals surface area contributed by atoms with Crippen molar-refractivity contribution < 1.29 is 0 Å². The molecule has 0 spiro atoms. The van der Waals surface area contributed by atoms with Gasteiger partial charge in [0.2, 0.25) is 0 Å². The molecule has 2 aromatic heterocycles. The molecule has 0 saturated carbocycles. The highest BCUT2D eigenvalue weighted by atomic mass is 15.4. The van der Waals surface area contributed by atoms with E-state index < -0.39 is 0 Å². The van der Waals surface area contributed by atoms with Gasteiger partial charge in [0.1, 0.15) is 11.0 Å². The van der Waals surface area contributed by atoms with Crippen molar-refractivity contribution in [3.8, 4) is 0 Å². The van der Waals surface area contributed by atoms with Gasteiger partial charge in [0.15, 0.2) is 0 Å². The minimum atomic E-state index is 0.899. The molecule has 26 heavy (non-hydrogen) atoms. The lowest BCUT2D eigenvalue weighted by Gasteiger charge is -2.01. The first-order valence-electron chi connectivity index (χ1n) is 9.13. The summed E-state index contributed by atoms with van der Waals surface area (Å²) in [5.74, 6) is 0. The van der Waals surface area contributed by atoms with E-state index in [1.54, 1.807) is 0 Å². The van der Waals surface area contributed by atoms with Gasteiger partial charge in [-0.2, -0.15) is 0 Å². The highest BCUT2D eigenvalue weighted by Gasteiger charge is 2.02. The van der Waals surface area contributed by atoms with E-state index in [4.69, 9.17) is 0 Å². The normalized spacial score (nSPS) is 11.8. The monoisotopic (exact) mass is 346 g/mol. The van der Waals surface area contributed by atoms with Crippen LogP contribution in [0.1, 0.15) is 25.7 Å². The Morgan fingerprint density at radius 2 is 1.12 bits per heavy atom. The van der Waals surface area contributed by atoms with Gasteiger partial charge >= 0.3 is 0 Å². The fraction of sp³-hybridized carbons (Fsp3) is 0.300. The largest absolute Gasteiger partial charge is 0.245 e. The summed E-state index contributed by atoms with van der Waals surface area (Å²) in [6, 6.07) is 16.2. The predicted molar refractivity (Wildman–Crippen MR) is 103 cm³/mol. The van der Waals surface area contributed by atoms with E-state index >= 15 is 0 Å². The smallest absolute Gasteiger partial charge is 0.113 e. The number of unbranched alkanes of at least 4 members (excludes halogenated alkanes) is 2. The van der Waals surface area contributed by atoms with Gasteiger partial charge in [-0.3, -0.25) is 0 Å². The molecule has 6 heteroatoms. The third-order valence-electron chi connectivity index (χ3n) is 4.49. The van der Waals surface area contributed by atoms with Crippen LogP contribution < -0.4 is 0 Å². The first-order valence-corrected chi connectivity index (χ1v) is 9.13. The second-order valence-electron chi connectivity index (χ2n) is 6.36. The zero-order valence-corrected chi connectivity index (χ0v) is 14.7. The predicted octanol–water partition coefficient (Wildman–Crippen LogP) is 3.99. The van der Waals surface area contributed by atoms with Crippen LogP contribution in [-0.4, -0.2) is 30.0 Å². The van der Waals surface area contributed by atoms with Crippen LogP contribution in [0.3, 0.4) is 0 Å². The molecule has 0 fully saturated rings. The number of hydrogen-bond acceptors (Lipinski definition) is 4. The van der Waals surface area contributed by atoms with Gasteiger partial charge in [0.25, 0.3) is 0 Å². The van der Waals surface area contributed by atoms with Crippen molar-refractivity contribution in [2.45, 2.75) is 38.8 Å². The van der Waals surface area contributed by atoms with Crippen LogP contribution in [0.25, 0.3) is 22.1 Å². The van der Waals surface area contributed by atoms with E-state index in [-0.39, 0.29) is 0 Å². The first-order chi connectivity index (χ1) is 12.9. The summed E-state index contributed by atoms with van der Waals surface area (Å²) in [6.45, 7) is 1.80. The van der Waals surface area contributed by atoms with Crippen LogP contribution in [0.15, 0.2) is 60.7 Å². The van der Waals surface area contributed by atoms with Gasteiger partial charge in [-0.15, -0.1) is 10.2 Å². The third kappa shape index (κ3) is 3.64. The van der Waals surface area contributed by atoms with Crippen molar-refractivity contribution in [3.63, 3.8) is 0 Å². The molecule has 0 amide bonds. The van der Waals surface area contributed by atoms with E-state index in [1.807, 2.05) is 45.8 Å². The van der Waals surface area contributed by atoms with Gasteiger partial charge in [-0.05, 0) is 49.9 Å². The van der Waals surface area contributed by atoms with Gasteiger partial charge in [-0.25, -0.2) is 9.36 Å². The minimum Gasteiger partial charge on any atom is -0.245 e. The second-order valence-corrected chi connectivity index (χ2v) is 6.36. The number of fused-ring (bicyclic) bond motifs is 2. The summed E-state index contributed by atoms with van der Waals surface area (Å²) in [5.41, 5.74) is 4.14. The van der Waals surface area contributed by atoms with E-state index in [9.17, 15) is 0 Å². The van der Waals surface area contributed by atoms with Crippen LogP contribution in [0.2, 0.25) is 0 Å². The van der Waals surface area contributed by atoms with Gasteiger partial charge in [0, 0.05) is 13.1 Å². The zero-order chi connectivity index (χ0) is 17.6. The number of hydrogen-bond donors (Lipinski definition) is 0. The lowest BCUT2D eigenvalue weighted by atomic mass is 10.2. The Balaban J connectivity index is 1.18. The van der Waals surface area contributed by atoms with Crippen molar-refractivity contribution in [1.82, 2.24) is 30.0 Å². The molecule has 0 aliphatic rings. The summed E-state index contributed by atoms with van der Waals surface area (Å²) >= 11 is 0. The molecule has 0 unspecified atom stereocenters. The highest BCUT2D eigenvalue weighted by Crippen LogP contribution is 2.12. The van der Waals surface area contributed by atoms with Crippen LogP contribution in [0.4, 0.5) is 0 Å². The van der Waals surface area contributed by atoms with E-state index in [0.717, 1.165) is 60.8 Å². The number of aryl methyl sites for hydroxylation is 2. The van der Waals surface area contributed by atoms with Crippen molar-refractivity contribution in [3.05, 3.63) is 60.7 Å². The highest BCUT2D eigenvalue weighted by molar-refractivity contribution is 5.74. The maximum atomic E-state index is 4.22. The minimum absolute atomic E-state index is 0.899. The summed E-state index contributed by atoms with van der Waals surface area (Å²) in [7, 11) is 0. The lowest BCUT2D eigenvalue weighted by Crippen LogP contribution is -2.00. The molecule has 132 valence electrons. The molecular formula is C20H22N6. The van der Waals surface area contributed by atoms with Crippen LogP contribution in [-0.2, 0) is 13.1 Å². The molecule has 0 N–H and O–H groups in total. The van der Waals surface area contributed by atoms with Crippen molar-refractivity contribution >= 4 is 22.1 Å². The van der Waals surface area contributed by atoms with Gasteiger partial charge in [-0.1, -0.05) is 46.8 Å². The van der Waals surface area contributed by atoms with Crippen molar-refractivity contribution in [2.75, 3.05) is 0 Å². The number of nitrogens with zero attached hydrogens (tertiary/aromatic N) is 6.